The lowest BCUT2D eigenvalue weighted by Gasteiger charge is -2.21. The highest BCUT2D eigenvalue weighted by Gasteiger charge is 2.43. The van der Waals surface area contributed by atoms with E-state index in [2.05, 4.69) is 5.32 Å². The van der Waals surface area contributed by atoms with Crippen LogP contribution in [-0.4, -0.2) is 35.9 Å². The molecule has 6 nitrogen and oxygen atoms in total. The Kier molecular flexibility index (Phi) is 2.18. The number of hydrogen-bond donors (Lipinski definition) is 3. The highest BCUT2D eigenvalue weighted by molar-refractivity contribution is 5.86. The number of ether oxygens (including phenoxy) is 1. The van der Waals surface area contributed by atoms with Crippen LogP contribution in [0.1, 0.15) is 6.42 Å². The molecule has 1 saturated heterocycles. The van der Waals surface area contributed by atoms with Gasteiger partial charge in [0.15, 0.2) is 5.54 Å². The van der Waals surface area contributed by atoms with E-state index in [-0.39, 0.29) is 13.0 Å². The number of nitrogens with two attached hydrogens (primary N) is 1. The monoisotopic (exact) mass is 174 g/mol. The molecule has 0 radical (unpaired) electrons. The van der Waals surface area contributed by atoms with E-state index in [1.165, 1.54) is 0 Å². The van der Waals surface area contributed by atoms with Crippen LogP contribution < -0.4 is 11.1 Å². The molecular weight excluding hydrogens is 164 g/mol. The fraction of sp³-hybridized carbons (Fsp3) is 0.667. The summed E-state index contributed by atoms with van der Waals surface area (Å²) in [5, 5.41) is 10.9. The molecule has 0 aromatic carbocycles. The summed E-state index contributed by atoms with van der Waals surface area (Å²) < 4.78 is 4.87. The number of primary amides is 1. The lowest BCUT2D eigenvalue weighted by Crippen LogP contribution is -2.56. The third kappa shape index (κ3) is 1.48. The number of carboxylic acids is 1. The van der Waals surface area contributed by atoms with Crippen molar-refractivity contribution in [1.82, 2.24) is 5.32 Å². The fourth-order valence-corrected chi connectivity index (χ4v) is 1.12. The number of amides is 2. The minimum Gasteiger partial charge on any atom is -0.479 e. The minimum absolute atomic E-state index is 0.0225. The Labute approximate surface area is 68.7 Å². The summed E-state index contributed by atoms with van der Waals surface area (Å²) in [5.41, 5.74) is 3.51. The molecule has 0 aromatic heterocycles. The maximum atomic E-state index is 10.7. The van der Waals surface area contributed by atoms with Gasteiger partial charge in [0.1, 0.15) is 0 Å². The van der Waals surface area contributed by atoms with Gasteiger partial charge in [-0.05, 0) is 0 Å². The number of carbonyl (C=O) groups excluding carboxylic acids is 1. The summed E-state index contributed by atoms with van der Waals surface area (Å²) >= 11 is 0. The minimum atomic E-state index is -1.31. The Morgan fingerprint density at radius 3 is 2.58 bits per heavy atom. The summed E-state index contributed by atoms with van der Waals surface area (Å²) in [6.07, 6.45) is 0.255. The van der Waals surface area contributed by atoms with Crippen LogP contribution >= 0.6 is 0 Å². The van der Waals surface area contributed by atoms with Crippen LogP contribution in [0.3, 0.4) is 0 Å². The van der Waals surface area contributed by atoms with E-state index >= 15 is 0 Å². The van der Waals surface area contributed by atoms with Gasteiger partial charge in [0.2, 0.25) is 0 Å². The Morgan fingerprint density at radius 1 is 1.58 bits per heavy atom. The SMILES string of the molecule is NC(=O)NC1(C(=O)O)CCOC1. The quantitative estimate of drug-likeness (QED) is 0.494. The van der Waals surface area contributed by atoms with Gasteiger partial charge < -0.3 is 20.9 Å². The molecule has 1 aliphatic rings. The Balaban J connectivity index is 2.72. The number of nitrogens with one attached hydrogen (secondary N) is 1. The average molecular weight is 174 g/mol. The van der Waals surface area contributed by atoms with E-state index in [0.717, 1.165) is 0 Å². The van der Waals surface area contributed by atoms with Crippen LogP contribution in [0.5, 0.6) is 0 Å². The van der Waals surface area contributed by atoms with E-state index in [0.29, 0.717) is 6.61 Å². The van der Waals surface area contributed by atoms with Gasteiger partial charge in [0.05, 0.1) is 6.61 Å². The van der Waals surface area contributed by atoms with Crippen LogP contribution in [0.25, 0.3) is 0 Å². The van der Waals surface area contributed by atoms with Crippen molar-refractivity contribution in [2.45, 2.75) is 12.0 Å². The normalized spacial score (nSPS) is 28.3. The topological polar surface area (TPSA) is 102 Å². The zero-order valence-corrected chi connectivity index (χ0v) is 6.37. The van der Waals surface area contributed by atoms with Crippen molar-refractivity contribution in [3.63, 3.8) is 0 Å². The van der Waals surface area contributed by atoms with Crippen molar-refractivity contribution in [2.24, 2.45) is 5.73 Å². The molecule has 6 heteroatoms. The van der Waals surface area contributed by atoms with E-state index in [4.69, 9.17) is 15.6 Å². The van der Waals surface area contributed by atoms with Gasteiger partial charge in [0, 0.05) is 13.0 Å². The van der Waals surface area contributed by atoms with Gasteiger partial charge in [-0.1, -0.05) is 0 Å². The van der Waals surface area contributed by atoms with Crippen molar-refractivity contribution in [3.8, 4) is 0 Å². The molecule has 1 aliphatic heterocycles. The van der Waals surface area contributed by atoms with E-state index < -0.39 is 17.5 Å². The van der Waals surface area contributed by atoms with Gasteiger partial charge in [-0.15, -0.1) is 0 Å². The predicted octanol–water partition coefficient (Wildman–Crippen LogP) is -1.10. The average Bonchev–Trinajstić information content (AvgIpc) is 2.35. The Bertz CT molecular complexity index is 210. The van der Waals surface area contributed by atoms with Gasteiger partial charge >= 0.3 is 12.0 Å². The van der Waals surface area contributed by atoms with E-state index in [1.54, 1.807) is 0 Å². The van der Waals surface area contributed by atoms with Crippen LogP contribution in [0.4, 0.5) is 4.79 Å². The van der Waals surface area contributed by atoms with Crippen LogP contribution in [-0.2, 0) is 9.53 Å². The van der Waals surface area contributed by atoms with Crippen molar-refractivity contribution in [1.29, 1.82) is 0 Å². The molecule has 0 saturated carbocycles. The molecule has 1 unspecified atom stereocenters. The van der Waals surface area contributed by atoms with Gasteiger partial charge in [-0.3, -0.25) is 0 Å². The third-order valence-electron chi connectivity index (χ3n) is 1.79. The van der Waals surface area contributed by atoms with E-state index in [9.17, 15) is 9.59 Å². The molecule has 12 heavy (non-hydrogen) atoms. The number of carboxylic acid groups (broad SMARTS) is 1. The largest absolute Gasteiger partial charge is 0.479 e. The van der Waals surface area contributed by atoms with Crippen molar-refractivity contribution >= 4 is 12.0 Å². The molecule has 1 atom stereocenters. The summed E-state index contributed by atoms with van der Waals surface area (Å²) in [5.74, 6) is -1.11. The number of urea groups is 1. The van der Waals surface area contributed by atoms with Crippen LogP contribution in [0.15, 0.2) is 0 Å². The van der Waals surface area contributed by atoms with Crippen LogP contribution in [0.2, 0.25) is 0 Å². The van der Waals surface area contributed by atoms with Crippen LogP contribution in [0, 0.1) is 0 Å². The van der Waals surface area contributed by atoms with Crippen molar-refractivity contribution in [2.75, 3.05) is 13.2 Å². The maximum absolute atomic E-state index is 10.7. The first kappa shape index (κ1) is 8.79. The third-order valence-corrected chi connectivity index (χ3v) is 1.79. The molecule has 4 N–H and O–H groups in total. The summed E-state index contributed by atoms with van der Waals surface area (Å²) in [7, 11) is 0. The molecule has 0 aromatic rings. The molecule has 0 aliphatic carbocycles. The standard InChI is InChI=1S/C6H10N2O4/c7-5(11)8-6(4(9)10)1-2-12-3-6/h1-3H2,(H,9,10)(H3,7,8,11). The Hall–Kier alpha value is -1.30. The fourth-order valence-electron chi connectivity index (χ4n) is 1.12. The zero-order valence-electron chi connectivity index (χ0n) is 6.37. The predicted molar refractivity (Wildman–Crippen MR) is 38.5 cm³/mol. The first-order chi connectivity index (χ1) is 5.57. The van der Waals surface area contributed by atoms with Crippen molar-refractivity contribution in [3.05, 3.63) is 0 Å². The van der Waals surface area contributed by atoms with Crippen molar-refractivity contribution < 1.29 is 19.4 Å². The van der Waals surface area contributed by atoms with Gasteiger partial charge in [-0.25, -0.2) is 9.59 Å². The first-order valence-corrected chi connectivity index (χ1v) is 3.45. The summed E-state index contributed by atoms with van der Waals surface area (Å²) in [4.78, 5) is 21.2. The second kappa shape index (κ2) is 2.98. The zero-order chi connectivity index (χ0) is 9.19. The second-order valence-electron chi connectivity index (χ2n) is 2.68. The molecule has 1 fully saturated rings. The number of rotatable bonds is 2. The molecule has 0 bridgehead atoms. The molecule has 68 valence electrons. The van der Waals surface area contributed by atoms with Gasteiger partial charge in [-0.2, -0.15) is 0 Å². The Morgan fingerprint density at radius 2 is 2.25 bits per heavy atom. The molecule has 2 amide bonds. The molecule has 0 spiro atoms. The summed E-state index contributed by atoms with van der Waals surface area (Å²) in [6, 6.07) is -0.845. The number of carbonyl (C=O) groups is 2. The lowest BCUT2D eigenvalue weighted by molar-refractivity contribution is -0.144. The lowest BCUT2D eigenvalue weighted by atomic mass is 10.00. The number of hydrogen-bond acceptors (Lipinski definition) is 3. The highest BCUT2D eigenvalue weighted by Crippen LogP contribution is 2.18. The van der Waals surface area contributed by atoms with Gasteiger partial charge in [0.25, 0.3) is 0 Å². The highest BCUT2D eigenvalue weighted by atomic mass is 16.5. The maximum Gasteiger partial charge on any atom is 0.332 e. The summed E-state index contributed by atoms with van der Waals surface area (Å²) in [6.45, 7) is 0.303. The first-order valence-electron chi connectivity index (χ1n) is 3.45. The second-order valence-corrected chi connectivity index (χ2v) is 2.68. The molecule has 1 rings (SSSR count). The van der Waals surface area contributed by atoms with E-state index in [1.807, 2.05) is 0 Å². The molecule has 1 heterocycles. The smallest absolute Gasteiger partial charge is 0.332 e. The number of aliphatic carboxylic acids is 1. The molecular formula is C6H10N2O4.